The first-order chi connectivity index (χ1) is 5.74. The second-order valence-electron chi connectivity index (χ2n) is 1.89. The van der Waals surface area contributed by atoms with Crippen molar-refractivity contribution in [2.75, 3.05) is 19.0 Å². The van der Waals surface area contributed by atoms with E-state index in [1.54, 1.807) is 11.8 Å². The number of thioether (sulfide) groups is 1. The number of halogens is 1. The van der Waals surface area contributed by atoms with Gasteiger partial charge in [0.1, 0.15) is 0 Å². The maximum Gasteiger partial charge on any atom is 0.0452 e. The van der Waals surface area contributed by atoms with Gasteiger partial charge in [0.05, 0.1) is 0 Å². The Balaban J connectivity index is 0.000000561. The summed E-state index contributed by atoms with van der Waals surface area (Å²) in [6, 6.07) is 5.85. The predicted octanol–water partition coefficient (Wildman–Crippen LogP) is 2.33. The number of hydrogen-bond donors (Lipinski definition) is 2. The zero-order chi connectivity index (χ0) is 9.56. The van der Waals surface area contributed by atoms with Gasteiger partial charge in [-0.05, 0) is 31.5 Å². The third-order valence-corrected chi connectivity index (χ3v) is 2.48. The lowest BCUT2D eigenvalue weighted by Gasteiger charge is -2.00. The number of nitrogen functional groups attached to an aromatic ring is 1. The normalized spacial score (nSPS) is 8.67. The highest BCUT2D eigenvalue weighted by atomic mass is 79.9. The molecule has 0 aliphatic rings. The molecule has 0 fully saturated rings. The SMILES string of the molecule is CN.CSc1cc(Br)ccc1N. The second-order valence-corrected chi connectivity index (χ2v) is 3.65. The molecule has 0 aliphatic heterocycles. The van der Waals surface area contributed by atoms with Crippen LogP contribution in [0.15, 0.2) is 27.6 Å². The average Bonchev–Trinajstić information content (AvgIpc) is 2.13. The first kappa shape index (κ1) is 11.8. The van der Waals surface area contributed by atoms with Gasteiger partial charge in [-0.25, -0.2) is 0 Å². The summed E-state index contributed by atoms with van der Waals surface area (Å²) < 4.78 is 1.08. The van der Waals surface area contributed by atoms with Crippen molar-refractivity contribution in [3.05, 3.63) is 22.7 Å². The molecule has 0 aliphatic carbocycles. The molecule has 2 nitrogen and oxygen atoms in total. The van der Waals surface area contributed by atoms with Crippen molar-refractivity contribution in [1.29, 1.82) is 0 Å². The second kappa shape index (κ2) is 6.34. The van der Waals surface area contributed by atoms with Gasteiger partial charge in [-0.3, -0.25) is 0 Å². The van der Waals surface area contributed by atoms with Crippen molar-refractivity contribution in [2.45, 2.75) is 4.90 Å². The van der Waals surface area contributed by atoms with Crippen molar-refractivity contribution in [1.82, 2.24) is 0 Å². The van der Waals surface area contributed by atoms with Gasteiger partial charge in [0, 0.05) is 15.1 Å². The molecular formula is C8H13BrN2S. The fourth-order valence-corrected chi connectivity index (χ4v) is 1.75. The minimum atomic E-state index is 0.843. The molecule has 0 aromatic heterocycles. The molecule has 1 aromatic rings. The third kappa shape index (κ3) is 3.47. The Bertz CT molecular complexity index is 240. The molecule has 0 bridgehead atoms. The summed E-state index contributed by atoms with van der Waals surface area (Å²) in [5.41, 5.74) is 11.0. The van der Waals surface area contributed by atoms with E-state index in [1.807, 2.05) is 24.5 Å². The number of hydrogen-bond acceptors (Lipinski definition) is 3. The molecule has 1 aromatic carbocycles. The Hall–Kier alpha value is -0.190. The van der Waals surface area contributed by atoms with E-state index < -0.39 is 0 Å². The van der Waals surface area contributed by atoms with E-state index in [4.69, 9.17) is 5.73 Å². The Labute approximate surface area is 85.8 Å². The zero-order valence-corrected chi connectivity index (χ0v) is 9.58. The van der Waals surface area contributed by atoms with E-state index in [2.05, 4.69) is 21.7 Å². The van der Waals surface area contributed by atoms with Crippen LogP contribution in [0.25, 0.3) is 0 Å². The first-order valence-electron chi connectivity index (χ1n) is 3.41. The highest BCUT2D eigenvalue weighted by Gasteiger charge is 1.95. The summed E-state index contributed by atoms with van der Waals surface area (Å²) >= 11 is 5.02. The molecule has 1 rings (SSSR count). The molecule has 0 saturated heterocycles. The Morgan fingerprint density at radius 2 is 1.92 bits per heavy atom. The summed E-state index contributed by atoms with van der Waals surface area (Å²) in [5, 5.41) is 0. The molecular weight excluding hydrogens is 236 g/mol. The maximum atomic E-state index is 5.66. The summed E-state index contributed by atoms with van der Waals surface area (Å²) in [5.74, 6) is 0. The monoisotopic (exact) mass is 248 g/mol. The van der Waals surface area contributed by atoms with Crippen molar-refractivity contribution >= 4 is 33.4 Å². The number of benzene rings is 1. The Morgan fingerprint density at radius 3 is 2.33 bits per heavy atom. The van der Waals surface area contributed by atoms with Crippen LogP contribution in [0.1, 0.15) is 0 Å². The standard InChI is InChI=1S/C7H8BrNS.CH5N/c1-10-7-4-5(8)2-3-6(7)9;1-2/h2-4H,9H2,1H3;2H2,1H3. The van der Waals surface area contributed by atoms with Gasteiger partial charge in [0.25, 0.3) is 0 Å². The largest absolute Gasteiger partial charge is 0.398 e. The van der Waals surface area contributed by atoms with Crippen LogP contribution in [0.2, 0.25) is 0 Å². The molecule has 12 heavy (non-hydrogen) atoms. The smallest absolute Gasteiger partial charge is 0.0452 e. The minimum Gasteiger partial charge on any atom is -0.398 e. The lowest BCUT2D eigenvalue weighted by Crippen LogP contribution is -1.86. The number of nitrogens with two attached hydrogens (primary N) is 2. The van der Waals surface area contributed by atoms with Crippen molar-refractivity contribution < 1.29 is 0 Å². The topological polar surface area (TPSA) is 52.0 Å². The number of anilines is 1. The summed E-state index contributed by atoms with van der Waals surface area (Å²) in [7, 11) is 1.50. The van der Waals surface area contributed by atoms with E-state index in [-0.39, 0.29) is 0 Å². The van der Waals surface area contributed by atoms with Crippen molar-refractivity contribution in [3.63, 3.8) is 0 Å². The molecule has 68 valence electrons. The summed E-state index contributed by atoms with van der Waals surface area (Å²) in [4.78, 5) is 1.12. The van der Waals surface area contributed by atoms with Gasteiger partial charge < -0.3 is 11.5 Å². The maximum absolute atomic E-state index is 5.66. The Morgan fingerprint density at radius 1 is 1.33 bits per heavy atom. The van der Waals surface area contributed by atoms with Gasteiger partial charge >= 0.3 is 0 Å². The molecule has 0 radical (unpaired) electrons. The van der Waals surface area contributed by atoms with Crippen LogP contribution in [-0.2, 0) is 0 Å². The van der Waals surface area contributed by atoms with Gasteiger partial charge in [0.2, 0.25) is 0 Å². The molecule has 0 amide bonds. The van der Waals surface area contributed by atoms with Crippen LogP contribution in [0, 0.1) is 0 Å². The zero-order valence-electron chi connectivity index (χ0n) is 7.17. The van der Waals surface area contributed by atoms with E-state index in [9.17, 15) is 0 Å². The molecule has 0 heterocycles. The van der Waals surface area contributed by atoms with E-state index >= 15 is 0 Å². The van der Waals surface area contributed by atoms with Crippen LogP contribution in [0.5, 0.6) is 0 Å². The highest BCUT2D eigenvalue weighted by molar-refractivity contribution is 9.10. The van der Waals surface area contributed by atoms with Crippen molar-refractivity contribution in [2.24, 2.45) is 5.73 Å². The van der Waals surface area contributed by atoms with Crippen molar-refractivity contribution in [3.8, 4) is 0 Å². The molecule has 0 atom stereocenters. The highest BCUT2D eigenvalue weighted by Crippen LogP contribution is 2.25. The average molecular weight is 249 g/mol. The van der Waals surface area contributed by atoms with Gasteiger partial charge in [0.15, 0.2) is 0 Å². The predicted molar refractivity (Wildman–Crippen MR) is 60.4 cm³/mol. The minimum absolute atomic E-state index is 0.843. The molecule has 0 unspecified atom stereocenters. The first-order valence-corrected chi connectivity index (χ1v) is 5.42. The molecule has 4 heteroatoms. The van der Waals surface area contributed by atoms with Crippen LogP contribution < -0.4 is 11.5 Å². The van der Waals surface area contributed by atoms with Crippen LogP contribution in [0.3, 0.4) is 0 Å². The lowest BCUT2D eigenvalue weighted by molar-refractivity contribution is 1.44. The fourth-order valence-electron chi connectivity index (χ4n) is 0.685. The molecule has 0 saturated carbocycles. The lowest BCUT2D eigenvalue weighted by atomic mass is 10.3. The van der Waals surface area contributed by atoms with E-state index in [0.29, 0.717) is 0 Å². The van der Waals surface area contributed by atoms with Gasteiger partial charge in [-0.1, -0.05) is 15.9 Å². The fraction of sp³-hybridized carbons (Fsp3) is 0.250. The number of rotatable bonds is 1. The van der Waals surface area contributed by atoms with Crippen LogP contribution in [0.4, 0.5) is 5.69 Å². The quantitative estimate of drug-likeness (QED) is 0.593. The van der Waals surface area contributed by atoms with E-state index in [0.717, 1.165) is 15.1 Å². The van der Waals surface area contributed by atoms with Gasteiger partial charge in [-0.15, -0.1) is 11.8 Å². The van der Waals surface area contributed by atoms with E-state index in [1.165, 1.54) is 7.05 Å². The van der Waals surface area contributed by atoms with Crippen LogP contribution >= 0.6 is 27.7 Å². The summed E-state index contributed by atoms with van der Waals surface area (Å²) in [6.45, 7) is 0. The molecule has 0 spiro atoms. The van der Waals surface area contributed by atoms with Crippen LogP contribution in [-0.4, -0.2) is 13.3 Å². The molecule has 4 N–H and O–H groups in total. The summed E-state index contributed by atoms with van der Waals surface area (Å²) in [6.07, 6.45) is 2.01. The third-order valence-electron chi connectivity index (χ3n) is 1.20. The van der Waals surface area contributed by atoms with Gasteiger partial charge in [-0.2, -0.15) is 0 Å². The Kier molecular flexibility index (Phi) is 6.24.